The third-order valence-corrected chi connectivity index (χ3v) is 6.27. The van der Waals surface area contributed by atoms with E-state index in [-0.39, 0.29) is 21.5 Å². The lowest BCUT2D eigenvalue weighted by atomic mass is 10.2. The van der Waals surface area contributed by atoms with Crippen LogP contribution in [-0.2, 0) is 14.8 Å². The average molecular weight is 464 g/mol. The summed E-state index contributed by atoms with van der Waals surface area (Å²) in [6.07, 6.45) is 1.67. The maximum Gasteiger partial charge on any atom is 0.338 e. The Balaban J connectivity index is 1.88. The number of esters is 1. The standard InChI is InChI=1S/C19H18BrN3O4S/c1-3-27-19(24)14-7-8-18(17(20)11-14)28(25,26)22-15-5-4-6-16(12-15)23-13(2)9-10-21-23/h4-12,22H,3H2,1-2H3. The third kappa shape index (κ3) is 4.26. The van der Waals surface area contributed by atoms with Crippen LogP contribution < -0.4 is 4.72 Å². The molecule has 0 spiro atoms. The lowest BCUT2D eigenvalue weighted by Gasteiger charge is -2.12. The molecule has 0 aliphatic carbocycles. The Morgan fingerprint density at radius 1 is 1.21 bits per heavy atom. The molecule has 3 aromatic rings. The van der Waals surface area contributed by atoms with Gasteiger partial charge in [-0.1, -0.05) is 6.07 Å². The van der Waals surface area contributed by atoms with Crippen LogP contribution in [0.15, 0.2) is 64.1 Å². The van der Waals surface area contributed by atoms with Crippen LogP contribution in [0.1, 0.15) is 23.0 Å². The van der Waals surface area contributed by atoms with E-state index in [0.717, 1.165) is 11.4 Å². The first-order valence-corrected chi connectivity index (χ1v) is 10.7. The minimum absolute atomic E-state index is 0.0150. The molecule has 0 aliphatic rings. The number of rotatable bonds is 6. The summed E-state index contributed by atoms with van der Waals surface area (Å²) in [5.74, 6) is -0.512. The van der Waals surface area contributed by atoms with Crippen molar-refractivity contribution in [2.24, 2.45) is 0 Å². The maximum atomic E-state index is 12.8. The van der Waals surface area contributed by atoms with Gasteiger partial charge in [0.15, 0.2) is 0 Å². The quantitative estimate of drug-likeness (QED) is 0.559. The van der Waals surface area contributed by atoms with E-state index < -0.39 is 16.0 Å². The van der Waals surface area contributed by atoms with Crippen molar-refractivity contribution in [2.45, 2.75) is 18.7 Å². The highest BCUT2D eigenvalue weighted by molar-refractivity contribution is 9.10. The Morgan fingerprint density at radius 2 is 2.00 bits per heavy atom. The predicted molar refractivity (Wildman–Crippen MR) is 109 cm³/mol. The maximum absolute atomic E-state index is 12.8. The van der Waals surface area contributed by atoms with E-state index in [0.29, 0.717) is 5.69 Å². The molecule has 9 heteroatoms. The molecule has 0 amide bonds. The van der Waals surface area contributed by atoms with Crippen LogP contribution in [-0.4, -0.2) is 30.8 Å². The summed E-state index contributed by atoms with van der Waals surface area (Å²) in [6.45, 7) is 3.85. The third-order valence-electron chi connectivity index (χ3n) is 3.91. The zero-order valence-electron chi connectivity index (χ0n) is 15.2. The lowest BCUT2D eigenvalue weighted by Crippen LogP contribution is -2.14. The molecule has 1 heterocycles. The van der Waals surface area contributed by atoms with E-state index in [1.807, 2.05) is 19.1 Å². The second kappa shape index (κ2) is 8.15. The molecule has 146 valence electrons. The summed E-state index contributed by atoms with van der Waals surface area (Å²) < 4.78 is 35.1. The smallest absolute Gasteiger partial charge is 0.338 e. The van der Waals surface area contributed by atoms with Gasteiger partial charge in [-0.05, 0) is 72.2 Å². The molecule has 0 aliphatic heterocycles. The largest absolute Gasteiger partial charge is 0.462 e. The van der Waals surface area contributed by atoms with Gasteiger partial charge in [0.25, 0.3) is 10.0 Å². The van der Waals surface area contributed by atoms with E-state index in [9.17, 15) is 13.2 Å². The minimum atomic E-state index is -3.87. The van der Waals surface area contributed by atoms with Crippen LogP contribution >= 0.6 is 15.9 Å². The van der Waals surface area contributed by atoms with Crippen molar-refractivity contribution in [1.29, 1.82) is 0 Å². The van der Waals surface area contributed by atoms with E-state index in [1.165, 1.54) is 18.2 Å². The Labute approximate surface area is 171 Å². The fraction of sp³-hybridized carbons (Fsp3) is 0.158. The topological polar surface area (TPSA) is 90.3 Å². The molecule has 1 N–H and O–H groups in total. The number of hydrogen-bond acceptors (Lipinski definition) is 5. The molecule has 0 bridgehead atoms. The van der Waals surface area contributed by atoms with E-state index >= 15 is 0 Å². The molecule has 2 aromatic carbocycles. The number of benzene rings is 2. The van der Waals surface area contributed by atoms with Crippen molar-refractivity contribution in [3.05, 3.63) is 70.5 Å². The molecule has 0 fully saturated rings. The van der Waals surface area contributed by atoms with Crippen LogP contribution in [0.2, 0.25) is 0 Å². The van der Waals surface area contributed by atoms with Crippen molar-refractivity contribution >= 4 is 37.6 Å². The van der Waals surface area contributed by atoms with E-state index in [1.54, 1.807) is 36.0 Å². The van der Waals surface area contributed by atoms with Gasteiger partial charge in [-0.2, -0.15) is 5.10 Å². The number of nitrogens with zero attached hydrogens (tertiary/aromatic N) is 2. The zero-order chi connectivity index (χ0) is 20.3. The van der Waals surface area contributed by atoms with Gasteiger partial charge in [0.2, 0.25) is 0 Å². The first kappa shape index (κ1) is 20.1. The van der Waals surface area contributed by atoms with Crippen LogP contribution in [0.4, 0.5) is 5.69 Å². The predicted octanol–water partition coefficient (Wildman–Crippen LogP) is 3.92. The van der Waals surface area contributed by atoms with Crippen molar-refractivity contribution < 1.29 is 17.9 Å². The second-order valence-electron chi connectivity index (χ2n) is 5.91. The summed E-state index contributed by atoms with van der Waals surface area (Å²) in [4.78, 5) is 11.8. The molecule has 0 saturated carbocycles. The Morgan fingerprint density at radius 3 is 2.64 bits per heavy atom. The van der Waals surface area contributed by atoms with Crippen molar-refractivity contribution in [3.8, 4) is 5.69 Å². The van der Waals surface area contributed by atoms with Gasteiger partial charge < -0.3 is 4.74 Å². The van der Waals surface area contributed by atoms with Crippen LogP contribution in [0.25, 0.3) is 5.69 Å². The fourth-order valence-corrected chi connectivity index (χ4v) is 4.74. The molecule has 0 atom stereocenters. The number of nitrogens with one attached hydrogen (secondary N) is 1. The molecule has 3 rings (SSSR count). The summed E-state index contributed by atoms with van der Waals surface area (Å²) >= 11 is 3.23. The molecule has 7 nitrogen and oxygen atoms in total. The number of carbonyl (C=O) groups is 1. The molecule has 1 aromatic heterocycles. The van der Waals surface area contributed by atoms with E-state index in [4.69, 9.17) is 4.74 Å². The van der Waals surface area contributed by atoms with Crippen molar-refractivity contribution in [3.63, 3.8) is 0 Å². The highest BCUT2D eigenvalue weighted by atomic mass is 79.9. The van der Waals surface area contributed by atoms with Gasteiger partial charge in [0.05, 0.1) is 23.5 Å². The summed E-state index contributed by atoms with van der Waals surface area (Å²) in [6, 6.07) is 13.0. The Hall–Kier alpha value is -2.65. The first-order chi connectivity index (χ1) is 13.3. The molecule has 0 radical (unpaired) electrons. The second-order valence-corrected chi connectivity index (χ2v) is 8.41. The normalized spacial score (nSPS) is 11.2. The zero-order valence-corrected chi connectivity index (χ0v) is 17.6. The number of sulfonamides is 1. The molecule has 0 unspecified atom stereocenters. The van der Waals surface area contributed by atoms with Crippen molar-refractivity contribution in [1.82, 2.24) is 9.78 Å². The Kier molecular flexibility index (Phi) is 5.85. The molecule has 0 saturated heterocycles. The van der Waals surface area contributed by atoms with Gasteiger partial charge in [-0.15, -0.1) is 0 Å². The van der Waals surface area contributed by atoms with Crippen LogP contribution in [0, 0.1) is 6.92 Å². The van der Waals surface area contributed by atoms with Gasteiger partial charge in [0.1, 0.15) is 4.90 Å². The first-order valence-electron chi connectivity index (χ1n) is 8.42. The molecular formula is C19H18BrN3O4S. The average Bonchev–Trinajstić information content (AvgIpc) is 3.07. The number of halogens is 1. The summed E-state index contributed by atoms with van der Waals surface area (Å²) in [5.41, 5.74) is 2.33. The minimum Gasteiger partial charge on any atom is -0.462 e. The van der Waals surface area contributed by atoms with Gasteiger partial charge in [0, 0.05) is 16.4 Å². The van der Waals surface area contributed by atoms with Gasteiger partial charge >= 0.3 is 5.97 Å². The number of hydrogen-bond donors (Lipinski definition) is 1. The SMILES string of the molecule is CCOC(=O)c1ccc(S(=O)(=O)Nc2cccc(-n3nccc3C)c2)c(Br)c1. The Bertz CT molecular complexity index is 1130. The fourth-order valence-electron chi connectivity index (χ4n) is 2.61. The number of aryl methyl sites for hydroxylation is 1. The number of anilines is 1. The van der Waals surface area contributed by atoms with E-state index in [2.05, 4.69) is 25.8 Å². The summed E-state index contributed by atoms with van der Waals surface area (Å²) in [5, 5.41) is 4.23. The number of aromatic nitrogens is 2. The van der Waals surface area contributed by atoms with Gasteiger partial charge in [-0.3, -0.25) is 4.72 Å². The number of carbonyl (C=O) groups excluding carboxylic acids is 1. The lowest BCUT2D eigenvalue weighted by molar-refractivity contribution is 0.0526. The highest BCUT2D eigenvalue weighted by Gasteiger charge is 2.20. The molecule has 28 heavy (non-hydrogen) atoms. The van der Waals surface area contributed by atoms with Crippen LogP contribution in [0.5, 0.6) is 0 Å². The highest BCUT2D eigenvalue weighted by Crippen LogP contribution is 2.26. The molecular weight excluding hydrogens is 446 g/mol. The summed E-state index contributed by atoms with van der Waals surface area (Å²) in [7, 11) is -3.87. The number of ether oxygens (including phenoxy) is 1. The van der Waals surface area contributed by atoms with Crippen molar-refractivity contribution in [2.75, 3.05) is 11.3 Å². The monoisotopic (exact) mass is 463 g/mol. The van der Waals surface area contributed by atoms with Crippen LogP contribution in [0.3, 0.4) is 0 Å². The van der Waals surface area contributed by atoms with Gasteiger partial charge in [-0.25, -0.2) is 17.9 Å².